The zero-order valence-electron chi connectivity index (χ0n) is 14.7. The number of aromatic nitrogens is 2. The maximum Gasteiger partial charge on any atom is 0.290 e. The molecule has 2 N–H and O–H groups in total. The van der Waals surface area contributed by atoms with E-state index in [4.69, 9.17) is 0 Å². The lowest BCUT2D eigenvalue weighted by atomic mass is 10.1. The van der Waals surface area contributed by atoms with Crippen LogP contribution in [0.25, 0.3) is 16.5 Å². The van der Waals surface area contributed by atoms with Gasteiger partial charge in [-0.2, -0.15) is 9.78 Å². The van der Waals surface area contributed by atoms with Crippen LogP contribution < -0.4 is 16.4 Å². The van der Waals surface area contributed by atoms with Crippen molar-refractivity contribution in [3.8, 4) is 5.69 Å². The molecule has 0 saturated heterocycles. The first-order chi connectivity index (χ1) is 13.1. The third-order valence-electron chi connectivity index (χ3n) is 4.77. The largest absolute Gasteiger partial charge is 0.290 e. The third-order valence-corrected chi connectivity index (χ3v) is 4.77. The molecule has 1 fully saturated rings. The summed E-state index contributed by atoms with van der Waals surface area (Å²) in [4.78, 5) is 37.4. The second-order valence-electron chi connectivity index (χ2n) is 6.71. The number of carbonyl (C=O) groups excluding carboxylic acids is 2. The van der Waals surface area contributed by atoms with E-state index < -0.39 is 5.91 Å². The van der Waals surface area contributed by atoms with Crippen LogP contribution in [0.1, 0.15) is 23.8 Å². The molecular formula is C20H18N4O3. The summed E-state index contributed by atoms with van der Waals surface area (Å²) < 4.78 is 1.20. The number of hydrogen-bond donors (Lipinski definition) is 2. The molecule has 3 aromatic rings. The highest BCUT2D eigenvalue weighted by Gasteiger charge is 2.39. The fraction of sp³-hybridized carbons (Fsp3) is 0.200. The maximum absolute atomic E-state index is 12.8. The van der Waals surface area contributed by atoms with E-state index in [1.165, 1.54) is 4.68 Å². The Kier molecular flexibility index (Phi) is 4.19. The molecule has 1 saturated carbocycles. The van der Waals surface area contributed by atoms with Crippen molar-refractivity contribution < 1.29 is 9.59 Å². The molecule has 7 nitrogen and oxygen atoms in total. The van der Waals surface area contributed by atoms with Crippen LogP contribution in [0.5, 0.6) is 0 Å². The van der Waals surface area contributed by atoms with E-state index in [0.29, 0.717) is 22.4 Å². The number of nitrogens with zero attached hydrogens (tertiary/aromatic N) is 2. The minimum absolute atomic E-state index is 0.0618. The summed E-state index contributed by atoms with van der Waals surface area (Å²) in [6.07, 6.45) is 0.821. The van der Waals surface area contributed by atoms with Crippen LogP contribution in [-0.4, -0.2) is 21.6 Å². The highest BCUT2D eigenvalue weighted by atomic mass is 16.2. The molecule has 1 heterocycles. The lowest BCUT2D eigenvalue weighted by molar-refractivity contribution is -0.123. The Morgan fingerprint density at radius 3 is 2.30 bits per heavy atom. The molecule has 27 heavy (non-hydrogen) atoms. The van der Waals surface area contributed by atoms with E-state index >= 15 is 0 Å². The third kappa shape index (κ3) is 3.19. The maximum atomic E-state index is 12.8. The number of hydrazine groups is 1. The number of rotatable bonds is 3. The predicted molar refractivity (Wildman–Crippen MR) is 100 cm³/mol. The molecule has 4 rings (SSSR count). The van der Waals surface area contributed by atoms with Crippen LogP contribution in [0.4, 0.5) is 0 Å². The Balaban J connectivity index is 1.73. The molecule has 0 aliphatic heterocycles. The van der Waals surface area contributed by atoms with Crippen molar-refractivity contribution in [2.45, 2.75) is 13.3 Å². The molecule has 0 spiro atoms. The number of benzene rings is 2. The van der Waals surface area contributed by atoms with Gasteiger partial charge in [0.25, 0.3) is 11.5 Å². The van der Waals surface area contributed by atoms with Gasteiger partial charge in [-0.25, -0.2) is 0 Å². The second-order valence-corrected chi connectivity index (χ2v) is 6.71. The Morgan fingerprint density at radius 1 is 1.00 bits per heavy atom. The Hall–Kier alpha value is -3.48. The van der Waals surface area contributed by atoms with E-state index in [2.05, 4.69) is 16.0 Å². The van der Waals surface area contributed by atoms with E-state index in [9.17, 15) is 14.4 Å². The van der Waals surface area contributed by atoms with Crippen LogP contribution >= 0.6 is 0 Å². The number of para-hydroxylation sites is 1. The van der Waals surface area contributed by atoms with Gasteiger partial charge < -0.3 is 0 Å². The van der Waals surface area contributed by atoms with Crippen molar-refractivity contribution in [3.63, 3.8) is 0 Å². The van der Waals surface area contributed by atoms with E-state index in [1.54, 1.807) is 48.5 Å². The highest BCUT2D eigenvalue weighted by Crippen LogP contribution is 2.37. The fourth-order valence-corrected chi connectivity index (χ4v) is 3.06. The summed E-state index contributed by atoms with van der Waals surface area (Å²) >= 11 is 0. The quantitative estimate of drug-likeness (QED) is 0.695. The van der Waals surface area contributed by atoms with Crippen LogP contribution in [0.2, 0.25) is 0 Å². The van der Waals surface area contributed by atoms with Gasteiger partial charge in [-0.1, -0.05) is 43.3 Å². The van der Waals surface area contributed by atoms with Crippen LogP contribution in [-0.2, 0) is 4.79 Å². The Labute approximate surface area is 155 Å². The van der Waals surface area contributed by atoms with Crippen LogP contribution in [0.15, 0.2) is 59.4 Å². The average molecular weight is 362 g/mol. The average Bonchev–Trinajstić information content (AvgIpc) is 3.44. The van der Waals surface area contributed by atoms with E-state index in [-0.39, 0.29) is 23.1 Å². The summed E-state index contributed by atoms with van der Waals surface area (Å²) in [7, 11) is 0. The summed E-state index contributed by atoms with van der Waals surface area (Å²) in [6.45, 7) is 1.98. The van der Waals surface area contributed by atoms with E-state index in [0.717, 1.165) is 6.42 Å². The number of hydrogen-bond acceptors (Lipinski definition) is 4. The molecule has 2 amide bonds. The molecule has 2 aromatic carbocycles. The first-order valence-electron chi connectivity index (χ1n) is 8.74. The van der Waals surface area contributed by atoms with Gasteiger partial charge in [0, 0.05) is 11.3 Å². The van der Waals surface area contributed by atoms with E-state index in [1.807, 2.05) is 13.0 Å². The molecule has 2 atom stereocenters. The van der Waals surface area contributed by atoms with Crippen molar-refractivity contribution >= 4 is 22.6 Å². The molecule has 136 valence electrons. The Bertz CT molecular complexity index is 1090. The van der Waals surface area contributed by atoms with Gasteiger partial charge in [-0.15, -0.1) is 0 Å². The molecule has 2 unspecified atom stereocenters. The lowest BCUT2D eigenvalue weighted by Gasteiger charge is -2.12. The molecule has 1 aliphatic carbocycles. The molecular weight excluding hydrogens is 344 g/mol. The standard InChI is InChI=1S/C20H18N4O3/c1-12-11-16(12)18(25)21-22-19(26)17-14-9-5-6-10-15(14)20(27)24(23-17)13-7-3-2-4-8-13/h2-10,12,16H,11H2,1H3,(H,21,25)(H,22,26). The molecule has 0 bridgehead atoms. The summed E-state index contributed by atoms with van der Waals surface area (Å²) in [6, 6.07) is 15.7. The Morgan fingerprint density at radius 2 is 1.63 bits per heavy atom. The predicted octanol–water partition coefficient (Wildman–Crippen LogP) is 1.80. The van der Waals surface area contributed by atoms with Gasteiger partial charge in [0.1, 0.15) is 0 Å². The summed E-state index contributed by atoms with van der Waals surface area (Å²) in [5, 5.41) is 5.07. The molecule has 1 aliphatic rings. The van der Waals surface area contributed by atoms with Crippen molar-refractivity contribution in [2.24, 2.45) is 11.8 Å². The van der Waals surface area contributed by atoms with Crippen LogP contribution in [0.3, 0.4) is 0 Å². The zero-order valence-corrected chi connectivity index (χ0v) is 14.7. The highest BCUT2D eigenvalue weighted by molar-refractivity contribution is 6.05. The second kappa shape index (κ2) is 6.68. The van der Waals surface area contributed by atoms with Gasteiger partial charge in [0.05, 0.1) is 11.1 Å². The normalized spacial score (nSPS) is 18.1. The van der Waals surface area contributed by atoms with Crippen molar-refractivity contribution in [2.75, 3.05) is 0 Å². The topological polar surface area (TPSA) is 93.1 Å². The summed E-state index contributed by atoms with van der Waals surface area (Å²) in [5.74, 6) is -0.511. The molecule has 7 heteroatoms. The van der Waals surface area contributed by atoms with Crippen molar-refractivity contribution in [3.05, 3.63) is 70.6 Å². The number of amides is 2. The summed E-state index contributed by atoms with van der Waals surface area (Å²) in [5.41, 5.74) is 5.17. The van der Waals surface area contributed by atoms with Gasteiger partial charge in [0.15, 0.2) is 5.69 Å². The first-order valence-corrected chi connectivity index (χ1v) is 8.74. The minimum Gasteiger partial charge on any atom is -0.273 e. The zero-order chi connectivity index (χ0) is 19.0. The van der Waals surface area contributed by atoms with Crippen LogP contribution in [0, 0.1) is 11.8 Å². The molecule has 1 aromatic heterocycles. The SMILES string of the molecule is CC1CC1C(=O)NNC(=O)c1nn(-c2ccccc2)c(=O)c2ccccc12. The van der Waals surface area contributed by atoms with Gasteiger partial charge in [-0.3, -0.25) is 25.2 Å². The number of nitrogens with one attached hydrogen (secondary N) is 2. The fourth-order valence-electron chi connectivity index (χ4n) is 3.06. The number of carbonyl (C=O) groups is 2. The first kappa shape index (κ1) is 17.0. The van der Waals surface area contributed by atoms with Crippen molar-refractivity contribution in [1.82, 2.24) is 20.6 Å². The van der Waals surface area contributed by atoms with Crippen molar-refractivity contribution in [1.29, 1.82) is 0 Å². The van der Waals surface area contributed by atoms with Gasteiger partial charge in [0.2, 0.25) is 5.91 Å². The monoisotopic (exact) mass is 362 g/mol. The minimum atomic E-state index is -0.572. The van der Waals surface area contributed by atoms with Gasteiger partial charge >= 0.3 is 0 Å². The van der Waals surface area contributed by atoms with Gasteiger partial charge in [-0.05, 0) is 30.5 Å². The lowest BCUT2D eigenvalue weighted by Crippen LogP contribution is -2.43. The molecule has 0 radical (unpaired) electrons. The smallest absolute Gasteiger partial charge is 0.273 e. The number of fused-ring (bicyclic) bond motifs is 1.